The van der Waals surface area contributed by atoms with Gasteiger partial charge in [-0.2, -0.15) is 0 Å². The van der Waals surface area contributed by atoms with Crippen molar-refractivity contribution in [1.82, 2.24) is 10.2 Å². The van der Waals surface area contributed by atoms with E-state index in [-0.39, 0.29) is 29.7 Å². The summed E-state index contributed by atoms with van der Waals surface area (Å²) >= 11 is 0. The molecule has 0 bridgehead atoms. The zero-order valence-corrected chi connectivity index (χ0v) is 11.7. The van der Waals surface area contributed by atoms with Crippen molar-refractivity contribution >= 4 is 11.8 Å². The summed E-state index contributed by atoms with van der Waals surface area (Å²) in [5.74, 6) is -0.552. The number of rotatable bonds is 4. The Morgan fingerprint density at radius 3 is 2.65 bits per heavy atom. The van der Waals surface area contributed by atoms with Crippen LogP contribution in [0, 0.1) is 5.82 Å². The van der Waals surface area contributed by atoms with Crippen molar-refractivity contribution in [2.75, 3.05) is 7.05 Å². The zero-order chi connectivity index (χ0) is 14.7. The lowest BCUT2D eigenvalue weighted by atomic mass is 10.0. The van der Waals surface area contributed by atoms with Gasteiger partial charge >= 0.3 is 0 Å². The average Bonchev–Trinajstić information content (AvgIpc) is 2.42. The number of hydrogen-bond donors (Lipinski definition) is 1. The predicted molar refractivity (Wildman–Crippen MR) is 73.5 cm³/mol. The first-order valence-corrected chi connectivity index (χ1v) is 6.78. The van der Waals surface area contributed by atoms with Crippen LogP contribution in [0.3, 0.4) is 0 Å². The molecule has 2 unspecified atom stereocenters. The number of hydrogen-bond acceptors (Lipinski definition) is 3. The smallest absolute Gasteiger partial charge is 0.246 e. The maximum Gasteiger partial charge on any atom is 0.246 e. The molecule has 1 N–H and O–H groups in total. The molecule has 0 saturated carbocycles. The Kier molecular flexibility index (Phi) is 4.49. The number of piperidine rings is 1. The maximum atomic E-state index is 12.8. The number of halogens is 1. The van der Waals surface area contributed by atoms with Gasteiger partial charge in [0.2, 0.25) is 11.8 Å². The highest BCUT2D eigenvalue weighted by Gasteiger charge is 2.32. The third kappa shape index (κ3) is 3.42. The fourth-order valence-corrected chi connectivity index (χ4v) is 2.45. The van der Waals surface area contributed by atoms with Crippen LogP contribution in [0.1, 0.15) is 25.3 Å². The highest BCUT2D eigenvalue weighted by molar-refractivity contribution is 6.00. The Bertz CT molecular complexity index is 501. The summed E-state index contributed by atoms with van der Waals surface area (Å²) in [6.45, 7) is 1.98. The van der Waals surface area contributed by atoms with Crippen molar-refractivity contribution in [3.05, 3.63) is 35.6 Å². The lowest BCUT2D eigenvalue weighted by Crippen LogP contribution is -2.53. The lowest BCUT2D eigenvalue weighted by molar-refractivity contribution is -0.148. The molecule has 2 rings (SSSR count). The van der Waals surface area contributed by atoms with Crippen molar-refractivity contribution in [2.45, 2.75) is 38.3 Å². The van der Waals surface area contributed by atoms with Crippen molar-refractivity contribution in [2.24, 2.45) is 0 Å². The predicted octanol–water partition coefficient (Wildman–Crippen LogP) is 1.49. The van der Waals surface area contributed by atoms with E-state index in [1.54, 1.807) is 12.1 Å². The van der Waals surface area contributed by atoms with Gasteiger partial charge in [0.05, 0.1) is 6.04 Å². The molecule has 0 aromatic heterocycles. The zero-order valence-electron chi connectivity index (χ0n) is 11.7. The van der Waals surface area contributed by atoms with Crippen LogP contribution in [-0.4, -0.2) is 35.8 Å². The third-order valence-electron chi connectivity index (χ3n) is 3.59. The van der Waals surface area contributed by atoms with Crippen LogP contribution in [0.15, 0.2) is 24.3 Å². The number of amides is 2. The number of benzene rings is 1. The van der Waals surface area contributed by atoms with Crippen LogP contribution < -0.4 is 5.32 Å². The van der Waals surface area contributed by atoms with Crippen LogP contribution in [0.25, 0.3) is 0 Å². The fourth-order valence-electron chi connectivity index (χ4n) is 2.45. The molecule has 1 aromatic carbocycles. The number of carbonyl (C=O) groups excluding carboxylic acids is 2. The van der Waals surface area contributed by atoms with Gasteiger partial charge in [-0.15, -0.1) is 0 Å². The van der Waals surface area contributed by atoms with Crippen LogP contribution in [-0.2, 0) is 16.0 Å². The first-order chi connectivity index (χ1) is 9.47. The van der Waals surface area contributed by atoms with Crippen molar-refractivity contribution in [1.29, 1.82) is 0 Å². The Morgan fingerprint density at radius 1 is 1.35 bits per heavy atom. The van der Waals surface area contributed by atoms with Crippen molar-refractivity contribution < 1.29 is 14.0 Å². The molecule has 0 aliphatic carbocycles. The maximum absolute atomic E-state index is 12.8. The summed E-state index contributed by atoms with van der Waals surface area (Å²) in [6, 6.07) is 6.11. The summed E-state index contributed by atoms with van der Waals surface area (Å²) in [6.07, 6.45) is 1.64. The summed E-state index contributed by atoms with van der Waals surface area (Å²) in [5, 5.41) is 3.25. The number of nitrogens with zero attached hydrogens (tertiary/aromatic N) is 1. The molecule has 1 fully saturated rings. The van der Waals surface area contributed by atoms with Gasteiger partial charge in [-0.25, -0.2) is 4.39 Å². The van der Waals surface area contributed by atoms with Crippen LogP contribution >= 0.6 is 0 Å². The van der Waals surface area contributed by atoms with E-state index in [4.69, 9.17) is 0 Å². The van der Waals surface area contributed by atoms with E-state index >= 15 is 0 Å². The highest BCUT2D eigenvalue weighted by Crippen LogP contribution is 2.13. The second-order valence-electron chi connectivity index (χ2n) is 5.28. The Hall–Kier alpha value is -1.75. The normalized spacial score (nSPS) is 21.1. The van der Waals surface area contributed by atoms with E-state index in [1.807, 2.05) is 6.92 Å². The lowest BCUT2D eigenvalue weighted by Gasteiger charge is -2.30. The van der Waals surface area contributed by atoms with Gasteiger partial charge in [-0.05, 0) is 37.5 Å². The molecule has 0 radical (unpaired) electrons. The molecule has 2 atom stereocenters. The van der Waals surface area contributed by atoms with Gasteiger partial charge in [-0.1, -0.05) is 12.1 Å². The first kappa shape index (κ1) is 14.7. The summed E-state index contributed by atoms with van der Waals surface area (Å²) in [7, 11) is 1.52. The standard InChI is InChI=1S/C15H19FN2O2/c1-10(9-11-3-5-12(16)6-4-11)17-13-7-8-14(19)18(2)15(13)20/h3-6,10,13,17H,7-9H2,1-2H3. The van der Waals surface area contributed by atoms with Gasteiger partial charge < -0.3 is 5.32 Å². The van der Waals surface area contributed by atoms with Gasteiger partial charge in [0.25, 0.3) is 0 Å². The first-order valence-electron chi connectivity index (χ1n) is 6.78. The molecule has 1 saturated heterocycles. The highest BCUT2D eigenvalue weighted by atomic mass is 19.1. The minimum Gasteiger partial charge on any atom is -0.303 e. The van der Waals surface area contributed by atoms with E-state index in [0.717, 1.165) is 5.56 Å². The molecular weight excluding hydrogens is 259 g/mol. The van der Waals surface area contributed by atoms with Crippen LogP contribution in [0.5, 0.6) is 0 Å². The SMILES string of the molecule is CC(Cc1ccc(F)cc1)NC1CCC(=O)N(C)C1=O. The number of carbonyl (C=O) groups is 2. The molecule has 20 heavy (non-hydrogen) atoms. The molecule has 1 heterocycles. The largest absolute Gasteiger partial charge is 0.303 e. The average molecular weight is 278 g/mol. The third-order valence-corrected chi connectivity index (χ3v) is 3.59. The molecule has 1 aliphatic rings. The number of likely N-dealkylation sites (tertiary alicyclic amines) is 1. The Labute approximate surface area is 118 Å². The van der Waals surface area contributed by atoms with E-state index < -0.39 is 0 Å². The number of nitrogens with one attached hydrogen (secondary N) is 1. The Morgan fingerprint density at radius 2 is 2.00 bits per heavy atom. The molecular formula is C15H19FN2O2. The fraction of sp³-hybridized carbons (Fsp3) is 0.467. The molecule has 0 spiro atoms. The summed E-state index contributed by atoms with van der Waals surface area (Å²) in [4.78, 5) is 24.5. The van der Waals surface area contributed by atoms with Gasteiger partial charge in [0, 0.05) is 19.5 Å². The minimum atomic E-state index is -0.312. The van der Waals surface area contributed by atoms with E-state index in [2.05, 4.69) is 5.32 Å². The summed E-state index contributed by atoms with van der Waals surface area (Å²) in [5.41, 5.74) is 1.01. The molecule has 4 nitrogen and oxygen atoms in total. The van der Waals surface area contributed by atoms with Gasteiger partial charge in [0.15, 0.2) is 0 Å². The molecule has 5 heteroatoms. The Balaban J connectivity index is 1.91. The minimum absolute atomic E-state index is 0.0796. The molecule has 1 aromatic rings. The second-order valence-corrected chi connectivity index (χ2v) is 5.28. The topological polar surface area (TPSA) is 49.4 Å². The monoisotopic (exact) mass is 278 g/mol. The molecule has 1 aliphatic heterocycles. The van der Waals surface area contributed by atoms with E-state index in [1.165, 1.54) is 24.1 Å². The van der Waals surface area contributed by atoms with Crippen molar-refractivity contribution in [3.63, 3.8) is 0 Å². The van der Waals surface area contributed by atoms with Gasteiger partial charge in [-0.3, -0.25) is 14.5 Å². The summed E-state index contributed by atoms with van der Waals surface area (Å²) < 4.78 is 12.8. The van der Waals surface area contributed by atoms with Crippen molar-refractivity contribution in [3.8, 4) is 0 Å². The molecule has 2 amide bonds. The van der Waals surface area contributed by atoms with E-state index in [9.17, 15) is 14.0 Å². The second kappa shape index (κ2) is 6.13. The van der Waals surface area contributed by atoms with Crippen LogP contribution in [0.2, 0.25) is 0 Å². The van der Waals surface area contributed by atoms with Gasteiger partial charge in [0.1, 0.15) is 5.82 Å². The number of likely N-dealkylation sites (N-methyl/N-ethyl adjacent to an activating group) is 1. The van der Waals surface area contributed by atoms with Crippen LogP contribution in [0.4, 0.5) is 4.39 Å². The van der Waals surface area contributed by atoms with E-state index in [0.29, 0.717) is 19.3 Å². The molecule has 108 valence electrons. The quantitative estimate of drug-likeness (QED) is 0.849. The number of imide groups is 1.